The third-order valence-electron chi connectivity index (χ3n) is 6.91. The standard InChI is InChI=1S/C34H29F3N4O3S/c35-34(36,37)44-30-14-8-7-13-28(30)21-40(19-24-9-3-1-4-10-24)31(42)22-41(20-25-11-5-2-6-12-25)32(43)27-17-15-26(16-18-27)29-23-45-33(38)39-29/h1-18,23H,19-22H2,(H2,38,39). The number of benzene rings is 4. The molecule has 0 fully saturated rings. The highest BCUT2D eigenvalue weighted by atomic mass is 32.1. The minimum atomic E-state index is -4.90. The smallest absolute Gasteiger partial charge is 0.405 e. The van der Waals surface area contributed by atoms with Crippen molar-refractivity contribution in [2.75, 3.05) is 12.3 Å². The molecule has 4 aromatic carbocycles. The second-order valence-corrected chi connectivity index (χ2v) is 11.1. The number of nitrogen functional groups attached to an aromatic ring is 1. The summed E-state index contributed by atoms with van der Waals surface area (Å²) in [5, 5.41) is 2.26. The van der Waals surface area contributed by atoms with Crippen LogP contribution < -0.4 is 10.5 Å². The average Bonchev–Trinajstić information content (AvgIpc) is 3.47. The highest BCUT2D eigenvalue weighted by molar-refractivity contribution is 7.13. The van der Waals surface area contributed by atoms with Gasteiger partial charge in [-0.2, -0.15) is 0 Å². The number of nitrogens with two attached hydrogens (primary N) is 1. The van der Waals surface area contributed by atoms with E-state index in [0.717, 1.165) is 16.7 Å². The Morgan fingerprint density at radius 1 is 0.756 bits per heavy atom. The molecule has 0 aliphatic carbocycles. The van der Waals surface area contributed by atoms with E-state index in [2.05, 4.69) is 9.72 Å². The van der Waals surface area contributed by atoms with E-state index in [1.165, 1.54) is 39.3 Å². The average molecular weight is 631 g/mol. The Hall–Kier alpha value is -5.16. The predicted octanol–water partition coefficient (Wildman–Crippen LogP) is 7.16. The second kappa shape index (κ2) is 14.1. The van der Waals surface area contributed by atoms with E-state index >= 15 is 0 Å². The number of rotatable bonds is 11. The molecule has 7 nitrogen and oxygen atoms in total. The molecule has 0 radical (unpaired) electrons. The Morgan fingerprint density at radius 2 is 1.33 bits per heavy atom. The number of halogens is 3. The van der Waals surface area contributed by atoms with Gasteiger partial charge in [0, 0.05) is 41.7 Å². The number of carbonyl (C=O) groups excluding carboxylic acids is 2. The number of ether oxygens (including phenoxy) is 1. The minimum absolute atomic E-state index is 0.110. The van der Waals surface area contributed by atoms with Gasteiger partial charge in [0.1, 0.15) is 12.3 Å². The van der Waals surface area contributed by atoms with Crippen LogP contribution in [-0.2, 0) is 24.4 Å². The van der Waals surface area contributed by atoms with Gasteiger partial charge >= 0.3 is 6.36 Å². The van der Waals surface area contributed by atoms with E-state index in [4.69, 9.17) is 5.73 Å². The molecule has 0 atom stereocenters. The van der Waals surface area contributed by atoms with E-state index < -0.39 is 18.0 Å². The quantitative estimate of drug-likeness (QED) is 0.167. The number of aromatic nitrogens is 1. The molecular formula is C34H29F3N4O3S. The molecule has 0 saturated heterocycles. The van der Waals surface area contributed by atoms with E-state index in [9.17, 15) is 22.8 Å². The summed E-state index contributed by atoms with van der Waals surface area (Å²) in [5.74, 6) is -1.22. The summed E-state index contributed by atoms with van der Waals surface area (Å²) in [7, 11) is 0. The van der Waals surface area contributed by atoms with Crippen molar-refractivity contribution in [3.63, 3.8) is 0 Å². The Balaban J connectivity index is 1.43. The van der Waals surface area contributed by atoms with Crippen molar-refractivity contribution in [2.24, 2.45) is 0 Å². The number of thiazole rings is 1. The molecule has 0 aliphatic heterocycles. The van der Waals surface area contributed by atoms with Crippen LogP contribution in [0.25, 0.3) is 11.3 Å². The molecule has 45 heavy (non-hydrogen) atoms. The number of para-hydroxylation sites is 1. The molecule has 0 spiro atoms. The van der Waals surface area contributed by atoms with Gasteiger partial charge < -0.3 is 20.3 Å². The zero-order valence-electron chi connectivity index (χ0n) is 24.0. The first-order valence-corrected chi connectivity index (χ1v) is 14.8. The summed E-state index contributed by atoms with van der Waals surface area (Å²) in [6.07, 6.45) is -4.90. The number of alkyl halides is 3. The number of carbonyl (C=O) groups is 2. The van der Waals surface area contributed by atoms with Gasteiger partial charge in [0.15, 0.2) is 5.13 Å². The molecule has 11 heteroatoms. The monoisotopic (exact) mass is 630 g/mol. The molecule has 0 unspecified atom stereocenters. The highest BCUT2D eigenvalue weighted by Crippen LogP contribution is 2.28. The zero-order valence-corrected chi connectivity index (χ0v) is 24.8. The lowest BCUT2D eigenvalue weighted by Crippen LogP contribution is -2.42. The Labute approximate surface area is 262 Å². The third kappa shape index (κ3) is 8.70. The lowest BCUT2D eigenvalue weighted by molar-refractivity contribution is -0.275. The van der Waals surface area contributed by atoms with Crippen molar-refractivity contribution in [1.82, 2.24) is 14.8 Å². The van der Waals surface area contributed by atoms with Gasteiger partial charge in [0.2, 0.25) is 5.91 Å². The molecule has 2 amide bonds. The second-order valence-electron chi connectivity index (χ2n) is 10.2. The van der Waals surface area contributed by atoms with E-state index in [1.54, 1.807) is 30.3 Å². The summed E-state index contributed by atoms with van der Waals surface area (Å²) in [6, 6.07) is 30.9. The lowest BCUT2D eigenvalue weighted by atomic mass is 10.1. The molecule has 0 aliphatic rings. The zero-order chi connectivity index (χ0) is 31.8. The van der Waals surface area contributed by atoms with Crippen LogP contribution in [0.5, 0.6) is 5.75 Å². The fourth-order valence-electron chi connectivity index (χ4n) is 4.75. The van der Waals surface area contributed by atoms with E-state index in [0.29, 0.717) is 16.4 Å². The van der Waals surface area contributed by atoms with Gasteiger partial charge in [0.25, 0.3) is 5.91 Å². The summed E-state index contributed by atoms with van der Waals surface area (Å²) in [6.45, 7) is -0.229. The summed E-state index contributed by atoms with van der Waals surface area (Å²) in [5.41, 5.74) is 9.38. The molecular weight excluding hydrogens is 601 g/mol. The molecule has 5 aromatic rings. The van der Waals surface area contributed by atoms with Crippen molar-refractivity contribution >= 4 is 28.3 Å². The maximum atomic E-state index is 14.0. The first kappa shape index (κ1) is 31.3. The summed E-state index contributed by atoms with van der Waals surface area (Å²) < 4.78 is 43.7. The first-order chi connectivity index (χ1) is 21.6. The van der Waals surface area contributed by atoms with Crippen LogP contribution in [0.2, 0.25) is 0 Å². The Morgan fingerprint density at radius 3 is 1.91 bits per heavy atom. The fourth-order valence-corrected chi connectivity index (χ4v) is 5.33. The maximum Gasteiger partial charge on any atom is 0.573 e. The molecule has 1 heterocycles. The maximum absolute atomic E-state index is 14.0. The largest absolute Gasteiger partial charge is 0.573 e. The van der Waals surface area contributed by atoms with E-state index in [-0.39, 0.29) is 37.6 Å². The highest BCUT2D eigenvalue weighted by Gasteiger charge is 2.32. The van der Waals surface area contributed by atoms with Gasteiger partial charge in [-0.1, -0.05) is 91.0 Å². The summed E-state index contributed by atoms with van der Waals surface area (Å²) >= 11 is 1.32. The third-order valence-corrected chi connectivity index (χ3v) is 7.58. The molecule has 230 valence electrons. The molecule has 0 bridgehead atoms. The predicted molar refractivity (Wildman–Crippen MR) is 167 cm³/mol. The van der Waals surface area contributed by atoms with Crippen LogP contribution >= 0.6 is 11.3 Å². The van der Waals surface area contributed by atoms with Crippen LogP contribution in [0, 0.1) is 0 Å². The number of amides is 2. The first-order valence-electron chi connectivity index (χ1n) is 13.9. The van der Waals surface area contributed by atoms with E-state index in [1.807, 2.05) is 66.0 Å². The van der Waals surface area contributed by atoms with Gasteiger partial charge in [0.05, 0.1) is 5.69 Å². The van der Waals surface area contributed by atoms with Crippen molar-refractivity contribution < 1.29 is 27.5 Å². The number of nitrogens with zero attached hydrogens (tertiary/aromatic N) is 3. The van der Waals surface area contributed by atoms with Crippen molar-refractivity contribution in [3.05, 3.63) is 137 Å². The topological polar surface area (TPSA) is 88.8 Å². The van der Waals surface area contributed by atoms with Gasteiger partial charge in [-0.05, 0) is 29.3 Å². The Kier molecular flexibility index (Phi) is 9.79. The Bertz CT molecular complexity index is 1730. The fraction of sp³-hybridized carbons (Fsp3) is 0.147. The normalized spacial score (nSPS) is 11.2. The molecule has 2 N–H and O–H groups in total. The minimum Gasteiger partial charge on any atom is -0.405 e. The van der Waals surface area contributed by atoms with Crippen molar-refractivity contribution in [3.8, 4) is 17.0 Å². The van der Waals surface area contributed by atoms with Crippen LogP contribution in [-0.4, -0.2) is 39.5 Å². The van der Waals surface area contributed by atoms with Crippen molar-refractivity contribution in [2.45, 2.75) is 26.0 Å². The summed E-state index contributed by atoms with van der Waals surface area (Å²) in [4.78, 5) is 35.0. The molecule has 1 aromatic heterocycles. The SMILES string of the molecule is Nc1nc(-c2ccc(C(=O)N(CC(=O)N(Cc3ccccc3)Cc3ccccc3OC(F)(F)F)Cc3ccccc3)cc2)cs1. The van der Waals surface area contributed by atoms with Crippen molar-refractivity contribution in [1.29, 1.82) is 0 Å². The lowest BCUT2D eigenvalue weighted by Gasteiger charge is -2.29. The van der Waals surface area contributed by atoms with Gasteiger partial charge in [-0.3, -0.25) is 9.59 Å². The van der Waals surface area contributed by atoms with Gasteiger partial charge in [-0.25, -0.2) is 4.98 Å². The number of hydrogen-bond donors (Lipinski definition) is 1. The van der Waals surface area contributed by atoms with Crippen LogP contribution in [0.3, 0.4) is 0 Å². The molecule has 0 saturated carbocycles. The van der Waals surface area contributed by atoms with Gasteiger partial charge in [-0.15, -0.1) is 24.5 Å². The molecule has 5 rings (SSSR count). The van der Waals surface area contributed by atoms with Crippen LogP contribution in [0.4, 0.5) is 18.3 Å². The number of hydrogen-bond acceptors (Lipinski definition) is 6. The van der Waals surface area contributed by atoms with Crippen LogP contribution in [0.1, 0.15) is 27.0 Å². The number of anilines is 1. The van der Waals surface area contributed by atoms with Crippen LogP contribution in [0.15, 0.2) is 115 Å².